The van der Waals surface area contributed by atoms with Gasteiger partial charge in [-0.25, -0.2) is 0 Å². The fraction of sp³-hybridized carbons (Fsp3) is 0.875. The second-order valence-electron chi connectivity index (χ2n) is 2.93. The second kappa shape index (κ2) is 5.90. The molecule has 0 heterocycles. The Balaban J connectivity index is 3.26. The number of hydrogen-bond donors (Lipinski definition) is 0. The maximum absolute atomic E-state index is 11.0. The van der Waals surface area contributed by atoms with E-state index in [1.54, 1.807) is 0 Å². The lowest BCUT2D eigenvalue weighted by atomic mass is 10.0. The molecule has 0 saturated carbocycles. The van der Waals surface area contributed by atoms with Gasteiger partial charge in [-0.05, 0) is 12.3 Å². The number of Topliss-reactive ketones (excluding diaryl/α,β-unsaturated/α-hetero) is 1. The van der Waals surface area contributed by atoms with Gasteiger partial charge in [0, 0.05) is 18.2 Å². The molecule has 0 aliphatic heterocycles. The van der Waals surface area contributed by atoms with Gasteiger partial charge in [-0.1, -0.05) is 29.8 Å². The van der Waals surface area contributed by atoms with Crippen molar-refractivity contribution in [3.63, 3.8) is 0 Å². The predicted molar refractivity (Wildman–Crippen MR) is 47.5 cm³/mol. The highest BCUT2D eigenvalue weighted by Crippen LogP contribution is 2.05. The standard InChI is InChI=1S/C8H15BrO/c1-7(2)6-8(10)4-3-5-9/h7H,3-6H2,1-2H3. The Morgan fingerprint density at radius 1 is 1.50 bits per heavy atom. The van der Waals surface area contributed by atoms with Crippen LogP contribution in [-0.2, 0) is 4.79 Å². The number of alkyl halides is 1. The summed E-state index contributed by atoms with van der Waals surface area (Å²) in [6.07, 6.45) is 2.46. The first-order valence-corrected chi connectivity index (χ1v) is 4.86. The van der Waals surface area contributed by atoms with Gasteiger partial charge in [0.1, 0.15) is 5.78 Å². The highest BCUT2D eigenvalue weighted by molar-refractivity contribution is 9.09. The molecule has 1 nitrogen and oxygen atoms in total. The Bertz CT molecular complexity index is 99.4. The quantitative estimate of drug-likeness (QED) is 0.633. The molecule has 0 aromatic carbocycles. The molecule has 60 valence electrons. The smallest absolute Gasteiger partial charge is 0.133 e. The first-order chi connectivity index (χ1) is 4.66. The summed E-state index contributed by atoms with van der Waals surface area (Å²) in [5.74, 6) is 0.914. The van der Waals surface area contributed by atoms with E-state index in [-0.39, 0.29) is 0 Å². The van der Waals surface area contributed by atoms with Gasteiger partial charge < -0.3 is 0 Å². The summed E-state index contributed by atoms with van der Waals surface area (Å²) in [6.45, 7) is 4.15. The topological polar surface area (TPSA) is 17.1 Å². The van der Waals surface area contributed by atoms with Crippen LogP contribution in [0.5, 0.6) is 0 Å². The van der Waals surface area contributed by atoms with Gasteiger partial charge in [0.15, 0.2) is 0 Å². The summed E-state index contributed by atoms with van der Waals surface area (Å²) >= 11 is 3.29. The number of carbonyl (C=O) groups is 1. The first-order valence-electron chi connectivity index (χ1n) is 3.74. The zero-order chi connectivity index (χ0) is 7.98. The summed E-state index contributed by atoms with van der Waals surface area (Å²) in [4.78, 5) is 11.0. The van der Waals surface area contributed by atoms with Gasteiger partial charge in [-0.3, -0.25) is 4.79 Å². The highest BCUT2D eigenvalue weighted by atomic mass is 79.9. The SMILES string of the molecule is CC(C)CC(=O)CCCBr. The van der Waals surface area contributed by atoms with Crippen molar-refractivity contribution in [1.29, 1.82) is 0 Å². The minimum Gasteiger partial charge on any atom is -0.300 e. The molecule has 0 atom stereocenters. The van der Waals surface area contributed by atoms with Crippen molar-refractivity contribution in [2.45, 2.75) is 33.1 Å². The van der Waals surface area contributed by atoms with Crippen molar-refractivity contribution in [1.82, 2.24) is 0 Å². The maximum Gasteiger partial charge on any atom is 0.133 e. The van der Waals surface area contributed by atoms with E-state index in [2.05, 4.69) is 29.8 Å². The largest absolute Gasteiger partial charge is 0.300 e. The van der Waals surface area contributed by atoms with E-state index in [1.807, 2.05) is 0 Å². The first kappa shape index (κ1) is 10.2. The van der Waals surface area contributed by atoms with E-state index in [0.717, 1.165) is 24.6 Å². The van der Waals surface area contributed by atoms with Gasteiger partial charge >= 0.3 is 0 Å². The molecule has 0 aromatic rings. The van der Waals surface area contributed by atoms with Crippen molar-refractivity contribution in [2.75, 3.05) is 5.33 Å². The van der Waals surface area contributed by atoms with E-state index in [0.29, 0.717) is 11.7 Å². The number of carbonyl (C=O) groups excluding carboxylic acids is 1. The van der Waals surface area contributed by atoms with Crippen LogP contribution in [0.2, 0.25) is 0 Å². The number of ketones is 1. The summed E-state index contributed by atoms with van der Waals surface area (Å²) in [7, 11) is 0. The normalized spacial score (nSPS) is 10.4. The molecular formula is C8H15BrO. The molecule has 0 aliphatic rings. The van der Waals surface area contributed by atoms with Crippen LogP contribution in [-0.4, -0.2) is 11.1 Å². The predicted octanol–water partition coefficient (Wildman–Crippen LogP) is 2.78. The average Bonchev–Trinajstić information content (AvgIpc) is 1.82. The Labute approximate surface area is 71.3 Å². The molecule has 0 aromatic heterocycles. The molecule has 0 rings (SSSR count). The van der Waals surface area contributed by atoms with Gasteiger partial charge in [0.05, 0.1) is 0 Å². The van der Waals surface area contributed by atoms with Crippen LogP contribution in [0.25, 0.3) is 0 Å². The Kier molecular flexibility index (Phi) is 5.99. The van der Waals surface area contributed by atoms with Crippen LogP contribution in [0.3, 0.4) is 0 Å². The number of hydrogen-bond acceptors (Lipinski definition) is 1. The molecular weight excluding hydrogens is 192 g/mol. The van der Waals surface area contributed by atoms with Crippen LogP contribution in [0.1, 0.15) is 33.1 Å². The molecule has 0 aliphatic carbocycles. The van der Waals surface area contributed by atoms with Crippen molar-refractivity contribution in [2.24, 2.45) is 5.92 Å². The lowest BCUT2D eigenvalue weighted by Gasteiger charge is -2.01. The molecule has 10 heavy (non-hydrogen) atoms. The third kappa shape index (κ3) is 6.27. The molecule has 0 spiro atoms. The van der Waals surface area contributed by atoms with Gasteiger partial charge in [-0.2, -0.15) is 0 Å². The lowest BCUT2D eigenvalue weighted by molar-refractivity contribution is -0.119. The third-order valence-corrected chi connectivity index (χ3v) is 1.79. The molecule has 0 bridgehead atoms. The van der Waals surface area contributed by atoms with Crippen molar-refractivity contribution < 1.29 is 4.79 Å². The molecule has 2 heteroatoms. The zero-order valence-corrected chi connectivity index (χ0v) is 8.28. The van der Waals surface area contributed by atoms with Gasteiger partial charge in [-0.15, -0.1) is 0 Å². The second-order valence-corrected chi connectivity index (χ2v) is 3.72. The summed E-state index contributed by atoms with van der Waals surface area (Å²) < 4.78 is 0. The Hall–Kier alpha value is 0.150. The van der Waals surface area contributed by atoms with Crippen molar-refractivity contribution in [3.8, 4) is 0 Å². The molecule has 0 N–H and O–H groups in total. The molecule has 0 radical (unpaired) electrons. The Morgan fingerprint density at radius 2 is 2.10 bits per heavy atom. The van der Waals surface area contributed by atoms with Crippen LogP contribution in [0.15, 0.2) is 0 Å². The van der Waals surface area contributed by atoms with E-state index in [4.69, 9.17) is 0 Å². The number of halogens is 1. The average molecular weight is 207 g/mol. The van der Waals surface area contributed by atoms with Gasteiger partial charge in [0.25, 0.3) is 0 Å². The highest BCUT2D eigenvalue weighted by Gasteiger charge is 2.03. The van der Waals surface area contributed by atoms with Crippen LogP contribution >= 0.6 is 15.9 Å². The maximum atomic E-state index is 11.0. The lowest BCUT2D eigenvalue weighted by Crippen LogP contribution is -2.02. The molecule has 0 unspecified atom stereocenters. The zero-order valence-electron chi connectivity index (χ0n) is 6.69. The fourth-order valence-corrected chi connectivity index (χ4v) is 1.10. The van der Waals surface area contributed by atoms with E-state index >= 15 is 0 Å². The third-order valence-electron chi connectivity index (χ3n) is 1.23. The Morgan fingerprint density at radius 3 is 2.50 bits per heavy atom. The van der Waals surface area contributed by atoms with Crippen LogP contribution < -0.4 is 0 Å². The van der Waals surface area contributed by atoms with E-state index in [1.165, 1.54) is 0 Å². The molecule has 0 amide bonds. The van der Waals surface area contributed by atoms with E-state index in [9.17, 15) is 4.79 Å². The minimum atomic E-state index is 0.398. The molecule has 0 saturated heterocycles. The molecule has 0 fully saturated rings. The van der Waals surface area contributed by atoms with E-state index < -0.39 is 0 Å². The summed E-state index contributed by atoms with van der Waals surface area (Å²) in [5.41, 5.74) is 0. The fourth-order valence-electron chi connectivity index (χ4n) is 0.821. The summed E-state index contributed by atoms with van der Waals surface area (Å²) in [5, 5.41) is 0.941. The van der Waals surface area contributed by atoms with Gasteiger partial charge in [0.2, 0.25) is 0 Å². The van der Waals surface area contributed by atoms with Crippen molar-refractivity contribution in [3.05, 3.63) is 0 Å². The van der Waals surface area contributed by atoms with Crippen LogP contribution in [0.4, 0.5) is 0 Å². The van der Waals surface area contributed by atoms with Crippen molar-refractivity contribution >= 4 is 21.7 Å². The minimum absolute atomic E-state index is 0.398. The monoisotopic (exact) mass is 206 g/mol. The number of rotatable bonds is 5. The summed E-state index contributed by atoms with van der Waals surface area (Å²) in [6, 6.07) is 0. The van der Waals surface area contributed by atoms with Crippen LogP contribution in [0, 0.1) is 5.92 Å².